The van der Waals surface area contributed by atoms with Crippen LogP contribution < -0.4 is 5.32 Å². The SMILES string of the molecule is O=C(C1CCS(=O)CC1)N1CCC2(S(=O)(=O)c3ccc(Cl)cc3)c3ccc(C(F)(C(F)(F)F)C(F)(F)F)cc3NCC12. The van der Waals surface area contributed by atoms with E-state index in [1.165, 1.54) is 29.2 Å². The summed E-state index contributed by atoms with van der Waals surface area (Å²) in [6.07, 6.45) is -12.3. The van der Waals surface area contributed by atoms with Crippen molar-refractivity contribution >= 4 is 43.8 Å². The minimum Gasteiger partial charge on any atom is -0.383 e. The number of carbonyl (C=O) groups is 1. The molecule has 2 saturated heterocycles. The van der Waals surface area contributed by atoms with Crippen molar-refractivity contribution in [3.8, 4) is 0 Å². The van der Waals surface area contributed by atoms with E-state index in [4.69, 9.17) is 11.6 Å². The van der Waals surface area contributed by atoms with Gasteiger partial charge in [-0.05, 0) is 55.2 Å². The Morgan fingerprint density at radius 2 is 1.57 bits per heavy atom. The Kier molecular flexibility index (Phi) is 7.66. The van der Waals surface area contributed by atoms with E-state index in [9.17, 15) is 48.2 Å². The molecule has 16 heteroatoms. The molecule has 6 nitrogen and oxygen atoms in total. The van der Waals surface area contributed by atoms with Gasteiger partial charge in [-0.2, -0.15) is 26.3 Å². The molecule has 3 aliphatic heterocycles. The van der Waals surface area contributed by atoms with Crippen LogP contribution in [0.4, 0.5) is 36.4 Å². The molecule has 0 saturated carbocycles. The molecule has 5 rings (SSSR count). The number of likely N-dealkylation sites (tertiary alicyclic amines) is 1. The van der Waals surface area contributed by atoms with Crippen LogP contribution in [0.3, 0.4) is 0 Å². The Balaban J connectivity index is 1.66. The standard InChI is InChI=1S/C26H24ClF7N2O4S2/c27-17-2-4-18(5-3-17)42(39,40)23-9-10-36(22(37)15-7-11-41(38)12-8-15)21(23)14-35-20-13-16(1-6-19(20)23)24(28,25(29,30)31)26(32,33)34/h1-6,13,15,21,35H,7-12,14H2. The Labute approximate surface area is 244 Å². The topological polar surface area (TPSA) is 83.6 Å². The highest BCUT2D eigenvalue weighted by Gasteiger charge is 2.74. The molecule has 0 radical (unpaired) electrons. The number of rotatable bonds is 4. The Morgan fingerprint density at radius 3 is 2.14 bits per heavy atom. The molecule has 0 bridgehead atoms. The number of carbonyl (C=O) groups excluding carboxylic acids is 1. The van der Waals surface area contributed by atoms with Crippen molar-refractivity contribution in [3.05, 3.63) is 58.6 Å². The third kappa shape index (κ3) is 4.61. The van der Waals surface area contributed by atoms with Gasteiger partial charge in [0.25, 0.3) is 0 Å². The summed E-state index contributed by atoms with van der Waals surface area (Å²) in [5, 5.41) is 2.89. The third-order valence-electron chi connectivity index (χ3n) is 8.40. The minimum absolute atomic E-state index is 0.0725. The highest BCUT2D eigenvalue weighted by atomic mass is 35.5. The Morgan fingerprint density at radius 1 is 0.976 bits per heavy atom. The summed E-state index contributed by atoms with van der Waals surface area (Å²) in [5.74, 6) is -0.290. The van der Waals surface area contributed by atoms with Crippen LogP contribution >= 0.6 is 11.6 Å². The lowest BCUT2D eigenvalue weighted by atomic mass is 9.83. The van der Waals surface area contributed by atoms with Crippen molar-refractivity contribution < 1.29 is 48.2 Å². The largest absolute Gasteiger partial charge is 0.435 e. The van der Waals surface area contributed by atoms with Crippen LogP contribution in [0, 0.1) is 5.92 Å². The number of fused-ring (bicyclic) bond motifs is 3. The molecule has 1 amide bonds. The van der Waals surface area contributed by atoms with Gasteiger partial charge in [-0.25, -0.2) is 12.8 Å². The smallest absolute Gasteiger partial charge is 0.383 e. The van der Waals surface area contributed by atoms with E-state index in [1.807, 2.05) is 0 Å². The number of amides is 1. The first-order chi connectivity index (χ1) is 19.4. The first-order valence-electron chi connectivity index (χ1n) is 12.8. The van der Waals surface area contributed by atoms with Crippen molar-refractivity contribution in [1.82, 2.24) is 4.90 Å². The van der Waals surface area contributed by atoms with Crippen LogP contribution in [0.1, 0.15) is 30.4 Å². The normalized spacial score (nSPS) is 26.8. The maximum Gasteiger partial charge on any atom is 0.435 e. The summed E-state index contributed by atoms with van der Waals surface area (Å²) in [4.78, 5) is 14.8. The molecule has 1 N–H and O–H groups in total. The van der Waals surface area contributed by atoms with E-state index >= 15 is 0 Å². The van der Waals surface area contributed by atoms with Crippen molar-refractivity contribution in [2.75, 3.05) is 29.9 Å². The number of nitrogens with one attached hydrogen (secondary N) is 1. The predicted octanol–water partition coefficient (Wildman–Crippen LogP) is 5.48. The monoisotopic (exact) mass is 660 g/mol. The van der Waals surface area contributed by atoms with Crippen LogP contribution in [-0.4, -0.2) is 66.4 Å². The van der Waals surface area contributed by atoms with Gasteiger partial charge in [-0.3, -0.25) is 9.00 Å². The van der Waals surface area contributed by atoms with Gasteiger partial charge in [-0.15, -0.1) is 0 Å². The lowest BCUT2D eigenvalue weighted by Gasteiger charge is -2.44. The van der Waals surface area contributed by atoms with Crippen molar-refractivity contribution in [2.24, 2.45) is 5.92 Å². The number of sulfone groups is 1. The molecular weight excluding hydrogens is 637 g/mol. The van der Waals surface area contributed by atoms with Gasteiger partial charge in [0.2, 0.25) is 5.91 Å². The molecule has 2 unspecified atom stereocenters. The molecule has 2 atom stereocenters. The fraction of sp³-hybridized carbons (Fsp3) is 0.500. The molecule has 230 valence electrons. The van der Waals surface area contributed by atoms with Gasteiger partial charge in [0.15, 0.2) is 9.84 Å². The van der Waals surface area contributed by atoms with E-state index in [2.05, 4.69) is 5.32 Å². The molecule has 2 aromatic carbocycles. The zero-order valence-corrected chi connectivity index (χ0v) is 24.0. The average Bonchev–Trinajstić information content (AvgIpc) is 3.33. The van der Waals surface area contributed by atoms with Gasteiger partial charge in [0, 0.05) is 57.6 Å². The summed E-state index contributed by atoms with van der Waals surface area (Å²) >= 11 is 5.93. The van der Waals surface area contributed by atoms with Crippen LogP contribution in [0.2, 0.25) is 5.02 Å². The molecule has 0 spiro atoms. The highest BCUT2D eigenvalue weighted by molar-refractivity contribution is 7.92. The van der Waals surface area contributed by atoms with Crippen LogP contribution in [0.5, 0.6) is 0 Å². The Hall–Kier alpha value is -2.39. The van der Waals surface area contributed by atoms with E-state index < -0.39 is 66.6 Å². The number of benzene rings is 2. The first-order valence-corrected chi connectivity index (χ1v) is 16.2. The van der Waals surface area contributed by atoms with Crippen LogP contribution in [-0.2, 0) is 35.8 Å². The van der Waals surface area contributed by atoms with Crippen molar-refractivity contribution in [1.29, 1.82) is 0 Å². The van der Waals surface area contributed by atoms with E-state index in [-0.39, 0.29) is 40.9 Å². The number of alkyl halides is 7. The van der Waals surface area contributed by atoms with Gasteiger partial charge in [-0.1, -0.05) is 23.7 Å². The number of nitrogens with zero attached hydrogens (tertiary/aromatic N) is 1. The molecule has 2 aromatic rings. The molecule has 3 heterocycles. The summed E-state index contributed by atoms with van der Waals surface area (Å²) in [7, 11) is -5.55. The van der Waals surface area contributed by atoms with E-state index in [0.29, 0.717) is 36.5 Å². The number of hydrogen-bond acceptors (Lipinski definition) is 5. The molecule has 3 aliphatic rings. The number of halogens is 8. The predicted molar refractivity (Wildman–Crippen MR) is 141 cm³/mol. The third-order valence-corrected chi connectivity index (χ3v) is 12.6. The maximum absolute atomic E-state index is 14.9. The first kappa shape index (κ1) is 31.0. The van der Waals surface area contributed by atoms with Gasteiger partial charge >= 0.3 is 18.0 Å². The lowest BCUT2D eigenvalue weighted by Crippen LogP contribution is -2.56. The second kappa shape index (κ2) is 10.4. The van der Waals surface area contributed by atoms with Gasteiger partial charge in [0.1, 0.15) is 4.75 Å². The zero-order chi connectivity index (χ0) is 30.9. The highest BCUT2D eigenvalue weighted by Crippen LogP contribution is 2.57. The maximum atomic E-state index is 14.9. The minimum atomic E-state index is -6.36. The number of hydrogen-bond donors (Lipinski definition) is 1. The average molecular weight is 661 g/mol. The second-order valence-electron chi connectivity index (χ2n) is 10.6. The second-order valence-corrected chi connectivity index (χ2v) is 14.9. The quantitative estimate of drug-likeness (QED) is 0.439. The number of anilines is 1. The molecule has 0 aromatic heterocycles. The molecule has 42 heavy (non-hydrogen) atoms. The fourth-order valence-corrected chi connectivity index (χ4v) is 9.98. The summed E-state index contributed by atoms with van der Waals surface area (Å²) in [6.45, 7) is -0.415. The van der Waals surface area contributed by atoms with Crippen LogP contribution in [0.25, 0.3) is 0 Å². The lowest BCUT2D eigenvalue weighted by molar-refractivity contribution is -0.348. The molecule has 0 aliphatic carbocycles. The fourth-order valence-electron chi connectivity index (χ4n) is 6.24. The van der Waals surface area contributed by atoms with Gasteiger partial charge < -0.3 is 10.2 Å². The van der Waals surface area contributed by atoms with E-state index in [0.717, 1.165) is 6.07 Å². The Bertz CT molecular complexity index is 1510. The molecule has 2 fully saturated rings. The van der Waals surface area contributed by atoms with Crippen LogP contribution in [0.15, 0.2) is 47.4 Å². The van der Waals surface area contributed by atoms with E-state index in [1.54, 1.807) is 0 Å². The summed E-state index contributed by atoms with van der Waals surface area (Å²) < 4.78 is 135. The van der Waals surface area contributed by atoms with Crippen molar-refractivity contribution in [2.45, 2.75) is 53.0 Å². The zero-order valence-electron chi connectivity index (χ0n) is 21.6. The summed E-state index contributed by atoms with van der Waals surface area (Å²) in [5.41, 5.74) is -8.06. The van der Waals surface area contributed by atoms with Gasteiger partial charge in [0.05, 0.1) is 10.9 Å². The van der Waals surface area contributed by atoms with Crippen molar-refractivity contribution in [3.63, 3.8) is 0 Å². The molecular formula is C26H24ClF7N2O4S2. The summed E-state index contributed by atoms with van der Waals surface area (Å²) in [6, 6.07) is 5.37.